The summed E-state index contributed by atoms with van der Waals surface area (Å²) in [5.41, 5.74) is 0.630. The monoisotopic (exact) mass is 265 g/mol. The van der Waals surface area contributed by atoms with Gasteiger partial charge in [-0.05, 0) is 23.8 Å². The molecule has 0 saturated heterocycles. The summed E-state index contributed by atoms with van der Waals surface area (Å²) in [5, 5.41) is 2.44. The molecule has 1 aliphatic rings. The Labute approximate surface area is 101 Å². The number of thioether (sulfide) groups is 1. The van der Waals surface area contributed by atoms with Gasteiger partial charge in [-0.25, -0.2) is 4.39 Å². The Bertz CT molecular complexity index is 405. The molecule has 1 aliphatic heterocycles. The van der Waals surface area contributed by atoms with Crippen LogP contribution in [0.15, 0.2) is 23.1 Å². The van der Waals surface area contributed by atoms with E-state index >= 15 is 0 Å². The first-order valence-corrected chi connectivity index (χ1v) is 6.17. The standard InChI is InChI=1S/C11H11F4NS/c12-8-3-1-2-7-9(4-5-17-10(7)8)16-6-11(13,14)15/h1-3,9,16H,4-6H2. The van der Waals surface area contributed by atoms with Gasteiger partial charge in [0.2, 0.25) is 0 Å². The lowest BCUT2D eigenvalue weighted by molar-refractivity contribution is -0.126. The lowest BCUT2D eigenvalue weighted by Gasteiger charge is -2.26. The zero-order chi connectivity index (χ0) is 12.5. The highest BCUT2D eigenvalue weighted by Crippen LogP contribution is 2.37. The summed E-state index contributed by atoms with van der Waals surface area (Å²) in [7, 11) is 0. The van der Waals surface area contributed by atoms with Crippen molar-refractivity contribution in [2.75, 3.05) is 12.3 Å². The van der Waals surface area contributed by atoms with Crippen molar-refractivity contribution in [2.24, 2.45) is 0 Å². The van der Waals surface area contributed by atoms with Gasteiger partial charge in [-0.1, -0.05) is 12.1 Å². The number of rotatable bonds is 2. The zero-order valence-corrected chi connectivity index (χ0v) is 9.67. The molecule has 1 aromatic carbocycles. The first kappa shape index (κ1) is 12.7. The average molecular weight is 265 g/mol. The Kier molecular flexibility index (Phi) is 3.63. The maximum absolute atomic E-state index is 13.4. The summed E-state index contributed by atoms with van der Waals surface area (Å²) in [6, 6.07) is 4.13. The Hall–Kier alpha value is -0.750. The molecule has 1 N–H and O–H groups in total. The minimum Gasteiger partial charge on any atom is -0.302 e. The third-order valence-corrected chi connectivity index (χ3v) is 3.73. The second kappa shape index (κ2) is 4.86. The molecule has 1 atom stereocenters. The molecular formula is C11H11F4NS. The van der Waals surface area contributed by atoms with Gasteiger partial charge in [0, 0.05) is 10.9 Å². The van der Waals surface area contributed by atoms with Gasteiger partial charge in [0.25, 0.3) is 0 Å². The molecule has 0 aliphatic carbocycles. The zero-order valence-electron chi connectivity index (χ0n) is 8.85. The maximum Gasteiger partial charge on any atom is 0.401 e. The van der Waals surface area contributed by atoms with Gasteiger partial charge in [-0.15, -0.1) is 11.8 Å². The van der Waals surface area contributed by atoms with Crippen LogP contribution in [0.1, 0.15) is 18.0 Å². The van der Waals surface area contributed by atoms with Gasteiger partial charge in [-0.2, -0.15) is 13.2 Å². The molecule has 1 nitrogen and oxygen atoms in total. The predicted molar refractivity (Wildman–Crippen MR) is 58.5 cm³/mol. The van der Waals surface area contributed by atoms with Gasteiger partial charge in [0.15, 0.2) is 0 Å². The van der Waals surface area contributed by atoms with Crippen molar-refractivity contribution in [1.82, 2.24) is 5.32 Å². The van der Waals surface area contributed by atoms with Crippen LogP contribution in [0.25, 0.3) is 0 Å². The van der Waals surface area contributed by atoms with Crippen LogP contribution in [-0.4, -0.2) is 18.5 Å². The average Bonchev–Trinajstić information content (AvgIpc) is 2.26. The van der Waals surface area contributed by atoms with Gasteiger partial charge in [-0.3, -0.25) is 0 Å². The van der Waals surface area contributed by atoms with E-state index in [9.17, 15) is 17.6 Å². The summed E-state index contributed by atoms with van der Waals surface area (Å²) < 4.78 is 49.8. The van der Waals surface area contributed by atoms with Crippen LogP contribution in [0.3, 0.4) is 0 Å². The Morgan fingerprint density at radius 2 is 2.12 bits per heavy atom. The van der Waals surface area contributed by atoms with Crippen molar-refractivity contribution in [2.45, 2.75) is 23.5 Å². The molecule has 0 bridgehead atoms. The van der Waals surface area contributed by atoms with Crippen LogP contribution < -0.4 is 5.32 Å². The van der Waals surface area contributed by atoms with E-state index in [2.05, 4.69) is 5.32 Å². The number of alkyl halides is 3. The second-order valence-electron chi connectivity index (χ2n) is 3.84. The van der Waals surface area contributed by atoms with Crippen molar-refractivity contribution < 1.29 is 17.6 Å². The van der Waals surface area contributed by atoms with Crippen LogP contribution in [0.5, 0.6) is 0 Å². The highest BCUT2D eigenvalue weighted by Gasteiger charge is 2.30. The number of halogens is 4. The van der Waals surface area contributed by atoms with E-state index in [0.717, 1.165) is 0 Å². The summed E-state index contributed by atoms with van der Waals surface area (Å²) in [5.74, 6) is 0.273. The molecule has 6 heteroatoms. The Balaban J connectivity index is 2.15. The SMILES string of the molecule is Fc1cccc2c1SCCC2NCC(F)(F)F. The molecule has 0 aromatic heterocycles. The van der Waals surface area contributed by atoms with E-state index in [1.165, 1.54) is 23.9 Å². The molecule has 1 aromatic rings. The Morgan fingerprint density at radius 3 is 2.82 bits per heavy atom. The smallest absolute Gasteiger partial charge is 0.302 e. The number of benzene rings is 1. The molecule has 0 radical (unpaired) electrons. The van der Waals surface area contributed by atoms with E-state index in [4.69, 9.17) is 0 Å². The van der Waals surface area contributed by atoms with Crippen LogP contribution >= 0.6 is 11.8 Å². The van der Waals surface area contributed by atoms with E-state index < -0.39 is 18.8 Å². The Morgan fingerprint density at radius 1 is 1.35 bits per heavy atom. The van der Waals surface area contributed by atoms with E-state index in [1.54, 1.807) is 6.07 Å². The van der Waals surface area contributed by atoms with Gasteiger partial charge >= 0.3 is 6.18 Å². The fraction of sp³-hybridized carbons (Fsp3) is 0.455. The van der Waals surface area contributed by atoms with Crippen molar-refractivity contribution in [3.63, 3.8) is 0 Å². The van der Waals surface area contributed by atoms with Gasteiger partial charge < -0.3 is 5.32 Å². The fourth-order valence-corrected chi connectivity index (χ4v) is 2.98. The molecule has 94 valence electrons. The fourth-order valence-electron chi connectivity index (χ4n) is 1.84. The lowest BCUT2D eigenvalue weighted by atomic mass is 10.0. The van der Waals surface area contributed by atoms with Crippen molar-refractivity contribution in [3.8, 4) is 0 Å². The normalized spacial score (nSPS) is 20.1. The summed E-state index contributed by atoms with van der Waals surface area (Å²) in [4.78, 5) is 0.471. The lowest BCUT2D eigenvalue weighted by Crippen LogP contribution is -2.33. The van der Waals surface area contributed by atoms with Crippen LogP contribution in [-0.2, 0) is 0 Å². The first-order chi connectivity index (χ1) is 7.97. The number of fused-ring (bicyclic) bond motifs is 1. The van der Waals surface area contributed by atoms with Crippen molar-refractivity contribution in [3.05, 3.63) is 29.6 Å². The topological polar surface area (TPSA) is 12.0 Å². The third kappa shape index (κ3) is 3.13. The van der Waals surface area contributed by atoms with Gasteiger partial charge in [0.1, 0.15) is 5.82 Å². The van der Waals surface area contributed by atoms with E-state index in [1.807, 2.05) is 0 Å². The minimum absolute atomic E-state index is 0.356. The van der Waals surface area contributed by atoms with E-state index in [0.29, 0.717) is 22.6 Å². The molecule has 0 amide bonds. The predicted octanol–water partition coefficient (Wildman–Crippen LogP) is 3.51. The van der Waals surface area contributed by atoms with Crippen LogP contribution in [0.4, 0.5) is 17.6 Å². The summed E-state index contributed by atoms with van der Waals surface area (Å²) in [6.45, 7) is -1.04. The summed E-state index contributed by atoms with van der Waals surface area (Å²) in [6.07, 6.45) is -3.66. The highest BCUT2D eigenvalue weighted by molar-refractivity contribution is 7.99. The second-order valence-corrected chi connectivity index (χ2v) is 4.95. The van der Waals surface area contributed by atoms with Crippen molar-refractivity contribution >= 4 is 11.8 Å². The summed E-state index contributed by atoms with van der Waals surface area (Å²) >= 11 is 1.36. The van der Waals surface area contributed by atoms with Gasteiger partial charge in [0.05, 0.1) is 6.54 Å². The van der Waals surface area contributed by atoms with Crippen molar-refractivity contribution in [1.29, 1.82) is 0 Å². The highest BCUT2D eigenvalue weighted by atomic mass is 32.2. The molecule has 0 fully saturated rings. The quantitative estimate of drug-likeness (QED) is 0.821. The molecule has 0 spiro atoms. The molecule has 17 heavy (non-hydrogen) atoms. The molecule has 2 rings (SSSR count). The number of hydrogen-bond donors (Lipinski definition) is 1. The first-order valence-electron chi connectivity index (χ1n) is 5.19. The largest absolute Gasteiger partial charge is 0.401 e. The van der Waals surface area contributed by atoms with Crippen LogP contribution in [0, 0.1) is 5.82 Å². The number of nitrogens with one attached hydrogen (secondary N) is 1. The molecule has 0 saturated carbocycles. The van der Waals surface area contributed by atoms with Crippen LogP contribution in [0.2, 0.25) is 0 Å². The maximum atomic E-state index is 13.4. The molecular weight excluding hydrogens is 254 g/mol. The minimum atomic E-state index is -4.24. The molecule has 1 heterocycles. The number of hydrogen-bond acceptors (Lipinski definition) is 2. The third-order valence-electron chi connectivity index (χ3n) is 2.57. The molecule has 1 unspecified atom stereocenters. The van der Waals surface area contributed by atoms with E-state index in [-0.39, 0.29) is 5.82 Å².